The van der Waals surface area contributed by atoms with Gasteiger partial charge in [0.2, 0.25) is 5.95 Å². The number of anilines is 2. The maximum Gasteiger partial charge on any atom is 0.243 e. The van der Waals surface area contributed by atoms with Gasteiger partial charge in [0.1, 0.15) is 23.9 Å². The molecule has 2 N–H and O–H groups in total. The molecule has 6 heterocycles. The molecular formula is C18H21FN8O2. The molecule has 6 rings (SSSR count). The van der Waals surface area contributed by atoms with Crippen LogP contribution < -0.4 is 10.2 Å². The first kappa shape index (κ1) is 17.1. The van der Waals surface area contributed by atoms with Gasteiger partial charge in [0, 0.05) is 18.4 Å². The molecule has 2 unspecified atom stereocenters. The molecule has 0 saturated carbocycles. The number of morpholine rings is 1. The van der Waals surface area contributed by atoms with Gasteiger partial charge in [0.25, 0.3) is 0 Å². The first-order valence-electron chi connectivity index (χ1n) is 9.87. The Kier molecular flexibility index (Phi) is 3.91. The highest BCUT2D eigenvalue weighted by molar-refractivity contribution is 5.86. The standard InChI is InChI=1S/C18H21FN8O2/c19-13-8-28-2-1-14(13)23-18-24-17-16(27-11-3-12(27)7-29-6-11)15(10-4-21-22-5-10)20-9-26(17)25-18/h4-5,9,11-14H,1-3,6-8H2,(H,21,22)(H,23,25)/t11?,12?,13-,14+/m1/s1. The summed E-state index contributed by atoms with van der Waals surface area (Å²) in [5, 5.41) is 14.6. The normalized spacial score (nSPS) is 29.1. The Morgan fingerprint density at radius 3 is 2.86 bits per heavy atom. The van der Waals surface area contributed by atoms with E-state index in [1.807, 2.05) is 6.20 Å². The smallest absolute Gasteiger partial charge is 0.243 e. The summed E-state index contributed by atoms with van der Waals surface area (Å²) in [6, 6.07) is 0.236. The first-order valence-corrected chi connectivity index (χ1v) is 9.87. The SMILES string of the molecule is F[C@@H]1COCC[C@@H]1Nc1nc2c(N3C4COCC3C4)c(-c3cn[nH]c3)ncn2n1. The number of H-pyrrole nitrogens is 1. The molecule has 3 saturated heterocycles. The van der Waals surface area contributed by atoms with E-state index in [1.165, 1.54) is 0 Å². The molecule has 152 valence electrons. The Balaban J connectivity index is 1.43. The van der Waals surface area contributed by atoms with Crippen LogP contribution in [0.1, 0.15) is 12.8 Å². The number of nitrogens with zero attached hydrogens (tertiary/aromatic N) is 6. The molecule has 0 radical (unpaired) electrons. The van der Waals surface area contributed by atoms with Crippen LogP contribution in [0.15, 0.2) is 18.7 Å². The number of nitrogens with one attached hydrogen (secondary N) is 2. The number of hydrogen-bond donors (Lipinski definition) is 2. The zero-order valence-corrected chi connectivity index (χ0v) is 15.7. The second-order valence-electron chi connectivity index (χ2n) is 7.75. The lowest BCUT2D eigenvalue weighted by Crippen LogP contribution is -2.64. The zero-order valence-electron chi connectivity index (χ0n) is 15.7. The molecule has 2 bridgehead atoms. The monoisotopic (exact) mass is 400 g/mol. The molecule has 0 amide bonds. The van der Waals surface area contributed by atoms with Crippen molar-refractivity contribution < 1.29 is 13.9 Å². The Morgan fingerprint density at radius 1 is 1.21 bits per heavy atom. The maximum atomic E-state index is 14.2. The highest BCUT2D eigenvalue weighted by Gasteiger charge is 2.45. The summed E-state index contributed by atoms with van der Waals surface area (Å²) < 4.78 is 26.7. The zero-order chi connectivity index (χ0) is 19.4. The molecule has 3 aliphatic heterocycles. The van der Waals surface area contributed by atoms with Crippen LogP contribution in [0.5, 0.6) is 0 Å². The number of fused-ring (bicyclic) bond motifs is 3. The van der Waals surface area contributed by atoms with Gasteiger partial charge < -0.3 is 19.7 Å². The van der Waals surface area contributed by atoms with Gasteiger partial charge in [-0.2, -0.15) is 14.6 Å². The summed E-state index contributed by atoms with van der Waals surface area (Å²) in [6.45, 7) is 2.00. The van der Waals surface area contributed by atoms with Gasteiger partial charge in [-0.1, -0.05) is 0 Å². The van der Waals surface area contributed by atoms with Crippen molar-refractivity contribution in [3.63, 3.8) is 0 Å². The van der Waals surface area contributed by atoms with Crippen molar-refractivity contribution in [2.24, 2.45) is 0 Å². The van der Waals surface area contributed by atoms with Crippen molar-refractivity contribution >= 4 is 17.3 Å². The van der Waals surface area contributed by atoms with Gasteiger partial charge in [0.15, 0.2) is 5.65 Å². The average Bonchev–Trinajstić information content (AvgIpc) is 3.40. The Morgan fingerprint density at radius 2 is 2.10 bits per heavy atom. The number of halogens is 1. The largest absolute Gasteiger partial charge is 0.378 e. The van der Waals surface area contributed by atoms with E-state index in [9.17, 15) is 4.39 Å². The summed E-state index contributed by atoms with van der Waals surface area (Å²) >= 11 is 0. The molecule has 0 aromatic carbocycles. The first-order chi connectivity index (χ1) is 14.3. The van der Waals surface area contributed by atoms with Crippen LogP contribution in [0.2, 0.25) is 0 Å². The van der Waals surface area contributed by atoms with E-state index < -0.39 is 6.17 Å². The van der Waals surface area contributed by atoms with Crippen LogP contribution in [-0.2, 0) is 9.47 Å². The number of ether oxygens (including phenoxy) is 2. The van der Waals surface area contributed by atoms with Crippen molar-refractivity contribution in [3.05, 3.63) is 18.7 Å². The van der Waals surface area contributed by atoms with Gasteiger partial charge in [-0.05, 0) is 12.8 Å². The predicted molar refractivity (Wildman–Crippen MR) is 102 cm³/mol. The van der Waals surface area contributed by atoms with E-state index in [-0.39, 0.29) is 12.6 Å². The van der Waals surface area contributed by atoms with Crippen molar-refractivity contribution in [3.8, 4) is 11.3 Å². The quantitative estimate of drug-likeness (QED) is 0.669. The fraction of sp³-hybridized carbons (Fsp3) is 0.556. The summed E-state index contributed by atoms with van der Waals surface area (Å²) in [7, 11) is 0. The molecule has 3 aliphatic rings. The van der Waals surface area contributed by atoms with E-state index in [0.29, 0.717) is 49.9 Å². The minimum Gasteiger partial charge on any atom is -0.378 e. The Hall–Kier alpha value is -2.79. The molecule has 11 heteroatoms. The van der Waals surface area contributed by atoms with Crippen molar-refractivity contribution in [2.45, 2.75) is 37.1 Å². The topological polar surface area (TPSA) is 105 Å². The van der Waals surface area contributed by atoms with Gasteiger partial charge in [-0.15, -0.1) is 5.10 Å². The van der Waals surface area contributed by atoms with Crippen molar-refractivity contribution in [2.75, 3.05) is 36.6 Å². The molecule has 0 aliphatic carbocycles. The number of alkyl halides is 1. The fourth-order valence-electron chi connectivity index (χ4n) is 4.47. The average molecular weight is 400 g/mol. The molecule has 3 aromatic heterocycles. The lowest BCUT2D eigenvalue weighted by atomic mass is 9.90. The van der Waals surface area contributed by atoms with Crippen LogP contribution in [0, 0.1) is 0 Å². The van der Waals surface area contributed by atoms with Crippen LogP contribution in [0.3, 0.4) is 0 Å². The lowest BCUT2D eigenvalue weighted by molar-refractivity contribution is 0.0105. The molecule has 4 atom stereocenters. The highest BCUT2D eigenvalue weighted by Crippen LogP contribution is 2.42. The van der Waals surface area contributed by atoms with E-state index >= 15 is 0 Å². The van der Waals surface area contributed by atoms with Crippen LogP contribution >= 0.6 is 0 Å². The summed E-state index contributed by atoms with van der Waals surface area (Å²) in [5.74, 6) is 0.397. The second kappa shape index (κ2) is 6.63. The summed E-state index contributed by atoms with van der Waals surface area (Å²) in [5.41, 5.74) is 3.30. The Labute approximate surface area is 165 Å². The lowest BCUT2D eigenvalue weighted by Gasteiger charge is -2.53. The molecule has 3 fully saturated rings. The minimum absolute atomic E-state index is 0.0968. The van der Waals surface area contributed by atoms with Gasteiger partial charge >= 0.3 is 0 Å². The maximum absolute atomic E-state index is 14.2. The fourth-order valence-corrected chi connectivity index (χ4v) is 4.47. The third kappa shape index (κ3) is 2.76. The third-order valence-electron chi connectivity index (χ3n) is 5.95. The van der Waals surface area contributed by atoms with Crippen molar-refractivity contribution in [1.29, 1.82) is 0 Å². The third-order valence-corrected chi connectivity index (χ3v) is 5.95. The van der Waals surface area contributed by atoms with Crippen LogP contribution in [0.25, 0.3) is 16.9 Å². The van der Waals surface area contributed by atoms with Gasteiger partial charge in [-0.25, -0.2) is 9.37 Å². The van der Waals surface area contributed by atoms with Gasteiger partial charge in [0.05, 0.1) is 44.1 Å². The summed E-state index contributed by atoms with van der Waals surface area (Å²) in [4.78, 5) is 11.7. The molecule has 29 heavy (non-hydrogen) atoms. The van der Waals surface area contributed by atoms with E-state index in [2.05, 4.69) is 30.5 Å². The molecule has 10 nitrogen and oxygen atoms in total. The molecule has 0 spiro atoms. The summed E-state index contributed by atoms with van der Waals surface area (Å²) in [6.07, 6.45) is 5.80. The van der Waals surface area contributed by atoms with Crippen molar-refractivity contribution in [1.82, 2.24) is 29.8 Å². The van der Waals surface area contributed by atoms with Crippen LogP contribution in [0.4, 0.5) is 16.0 Å². The molecular weight excluding hydrogens is 379 g/mol. The van der Waals surface area contributed by atoms with E-state index in [0.717, 1.165) is 23.4 Å². The van der Waals surface area contributed by atoms with Gasteiger partial charge in [-0.3, -0.25) is 5.10 Å². The predicted octanol–water partition coefficient (Wildman–Crippen LogP) is 1.03. The number of rotatable bonds is 4. The Bertz CT molecular complexity index is 1010. The van der Waals surface area contributed by atoms with E-state index in [4.69, 9.17) is 14.5 Å². The van der Waals surface area contributed by atoms with E-state index in [1.54, 1.807) is 17.0 Å². The number of hydrogen-bond acceptors (Lipinski definition) is 8. The highest BCUT2D eigenvalue weighted by atomic mass is 19.1. The minimum atomic E-state index is -1.08. The number of aromatic amines is 1. The molecule has 3 aromatic rings. The second-order valence-corrected chi connectivity index (χ2v) is 7.75. The number of aromatic nitrogens is 6. The van der Waals surface area contributed by atoms with Crippen LogP contribution in [-0.4, -0.2) is 80.5 Å².